The van der Waals surface area contributed by atoms with Crippen LogP contribution in [0.3, 0.4) is 0 Å². The molecule has 150 valence electrons. The number of carbonyl (C=O) groups excluding carboxylic acids is 1. The molecule has 2 fully saturated rings. The highest BCUT2D eigenvalue weighted by atomic mass is 16.2. The molecule has 28 heavy (non-hydrogen) atoms. The quantitative estimate of drug-likeness (QED) is 0.857. The van der Waals surface area contributed by atoms with Crippen LogP contribution in [0, 0.1) is 6.92 Å². The number of pyridine rings is 1. The fourth-order valence-electron chi connectivity index (χ4n) is 4.35. The number of hydrogen-bond acceptors (Lipinski definition) is 3. The summed E-state index contributed by atoms with van der Waals surface area (Å²) in [6.45, 7) is 5.69. The van der Waals surface area contributed by atoms with Gasteiger partial charge in [-0.1, -0.05) is 30.9 Å². The van der Waals surface area contributed by atoms with Crippen LogP contribution in [0.5, 0.6) is 0 Å². The predicted octanol–water partition coefficient (Wildman–Crippen LogP) is 3.00. The van der Waals surface area contributed by atoms with E-state index >= 15 is 0 Å². The van der Waals surface area contributed by atoms with Crippen LogP contribution in [-0.2, 0) is 6.54 Å². The molecule has 1 aromatic carbocycles. The van der Waals surface area contributed by atoms with Gasteiger partial charge in [0.15, 0.2) is 0 Å². The molecule has 0 radical (unpaired) electrons. The standard InChI is InChI=1S/C22H30N4O2/c1-16-7-8-20-17(13-16)14-18(21(27)24-20)15-25-9-11-26(12-10-25)22(28)23-19-5-3-2-4-6-19/h7-8,13-14,19H,2-6,9-12,15H2,1H3,(H,23,28)(H,24,27). The fourth-order valence-corrected chi connectivity index (χ4v) is 4.35. The molecule has 1 aliphatic carbocycles. The third kappa shape index (κ3) is 4.38. The van der Waals surface area contributed by atoms with Crippen molar-refractivity contribution >= 4 is 16.9 Å². The molecule has 1 aromatic heterocycles. The van der Waals surface area contributed by atoms with Crippen LogP contribution >= 0.6 is 0 Å². The number of hydrogen-bond donors (Lipinski definition) is 2. The van der Waals surface area contributed by atoms with Gasteiger partial charge in [0.25, 0.3) is 5.56 Å². The van der Waals surface area contributed by atoms with Crippen molar-refractivity contribution in [3.05, 3.63) is 45.7 Å². The molecule has 6 heteroatoms. The minimum absolute atomic E-state index is 0.0196. The van der Waals surface area contributed by atoms with Gasteiger partial charge in [-0.2, -0.15) is 0 Å². The first-order valence-electron chi connectivity index (χ1n) is 10.5. The Hall–Kier alpha value is -2.34. The number of H-pyrrole nitrogens is 1. The fraction of sp³-hybridized carbons (Fsp3) is 0.545. The Labute approximate surface area is 165 Å². The molecule has 0 unspecified atom stereocenters. The van der Waals surface area contributed by atoms with E-state index in [2.05, 4.69) is 28.2 Å². The van der Waals surface area contributed by atoms with E-state index in [9.17, 15) is 9.59 Å². The number of rotatable bonds is 3. The van der Waals surface area contributed by atoms with Crippen LogP contribution in [-0.4, -0.2) is 53.0 Å². The summed E-state index contributed by atoms with van der Waals surface area (Å²) >= 11 is 0. The highest BCUT2D eigenvalue weighted by Gasteiger charge is 2.24. The third-order valence-corrected chi connectivity index (χ3v) is 6.06. The van der Waals surface area contributed by atoms with Crippen molar-refractivity contribution < 1.29 is 4.79 Å². The van der Waals surface area contributed by atoms with Crippen LogP contribution < -0.4 is 10.9 Å². The van der Waals surface area contributed by atoms with E-state index in [1.807, 2.05) is 23.1 Å². The van der Waals surface area contributed by atoms with Crippen molar-refractivity contribution in [1.29, 1.82) is 0 Å². The molecule has 2 N–H and O–H groups in total. The third-order valence-electron chi connectivity index (χ3n) is 6.06. The average Bonchev–Trinajstić information content (AvgIpc) is 2.70. The number of aromatic nitrogens is 1. The number of fused-ring (bicyclic) bond motifs is 1. The van der Waals surface area contributed by atoms with Crippen molar-refractivity contribution in [2.24, 2.45) is 0 Å². The second kappa shape index (κ2) is 8.35. The van der Waals surface area contributed by atoms with E-state index in [0.717, 1.165) is 42.4 Å². The minimum Gasteiger partial charge on any atom is -0.335 e. The lowest BCUT2D eigenvalue weighted by Crippen LogP contribution is -2.53. The number of urea groups is 1. The van der Waals surface area contributed by atoms with Crippen molar-refractivity contribution in [3.63, 3.8) is 0 Å². The van der Waals surface area contributed by atoms with E-state index in [1.165, 1.54) is 24.8 Å². The molecule has 1 saturated heterocycles. The summed E-state index contributed by atoms with van der Waals surface area (Å²) in [6.07, 6.45) is 5.95. The van der Waals surface area contributed by atoms with Gasteiger partial charge in [0.1, 0.15) is 0 Å². The highest BCUT2D eigenvalue weighted by molar-refractivity contribution is 5.79. The van der Waals surface area contributed by atoms with E-state index in [-0.39, 0.29) is 11.6 Å². The van der Waals surface area contributed by atoms with Gasteiger partial charge in [0.05, 0.1) is 0 Å². The maximum absolute atomic E-state index is 12.5. The molecule has 2 aliphatic rings. The SMILES string of the molecule is Cc1ccc2[nH]c(=O)c(CN3CCN(C(=O)NC4CCCCC4)CC3)cc2c1. The summed E-state index contributed by atoms with van der Waals surface area (Å²) in [7, 11) is 0. The Morgan fingerprint density at radius 2 is 1.86 bits per heavy atom. The molecule has 6 nitrogen and oxygen atoms in total. The second-order valence-electron chi connectivity index (χ2n) is 8.26. The van der Waals surface area contributed by atoms with E-state index in [0.29, 0.717) is 25.7 Å². The second-order valence-corrected chi connectivity index (χ2v) is 8.26. The molecule has 4 rings (SSSR count). The zero-order chi connectivity index (χ0) is 19.5. The Morgan fingerprint density at radius 1 is 1.11 bits per heavy atom. The molecule has 0 spiro atoms. The molecule has 2 amide bonds. The molecular formula is C22H30N4O2. The van der Waals surface area contributed by atoms with Gasteiger partial charge in [-0.25, -0.2) is 4.79 Å². The lowest BCUT2D eigenvalue weighted by Gasteiger charge is -2.36. The summed E-state index contributed by atoms with van der Waals surface area (Å²) in [5, 5.41) is 4.27. The topological polar surface area (TPSA) is 68.4 Å². The highest BCUT2D eigenvalue weighted by Crippen LogP contribution is 2.18. The maximum Gasteiger partial charge on any atom is 0.317 e. The van der Waals surface area contributed by atoms with Gasteiger partial charge in [0, 0.05) is 49.8 Å². The van der Waals surface area contributed by atoms with Crippen LogP contribution in [0.15, 0.2) is 29.1 Å². The number of nitrogens with one attached hydrogen (secondary N) is 2. The number of aromatic amines is 1. The first kappa shape index (κ1) is 19.0. The number of nitrogens with zero attached hydrogens (tertiary/aromatic N) is 2. The number of benzene rings is 1. The summed E-state index contributed by atoms with van der Waals surface area (Å²) < 4.78 is 0. The number of amides is 2. The smallest absolute Gasteiger partial charge is 0.317 e. The molecule has 1 saturated carbocycles. The first-order valence-corrected chi connectivity index (χ1v) is 10.5. The number of piperazine rings is 1. The zero-order valence-corrected chi connectivity index (χ0v) is 16.7. The van der Waals surface area contributed by atoms with Crippen molar-refractivity contribution in [2.45, 2.75) is 51.6 Å². The molecule has 0 atom stereocenters. The molecular weight excluding hydrogens is 352 g/mol. The Balaban J connectivity index is 1.34. The minimum atomic E-state index is -0.0196. The summed E-state index contributed by atoms with van der Waals surface area (Å²) in [4.78, 5) is 32.1. The monoisotopic (exact) mass is 382 g/mol. The van der Waals surface area contributed by atoms with Crippen LogP contribution in [0.4, 0.5) is 4.79 Å². The maximum atomic E-state index is 12.5. The van der Waals surface area contributed by atoms with Gasteiger partial charge < -0.3 is 15.2 Å². The van der Waals surface area contributed by atoms with Crippen LogP contribution in [0.1, 0.15) is 43.2 Å². The summed E-state index contributed by atoms with van der Waals surface area (Å²) in [5.41, 5.74) is 2.83. The number of carbonyl (C=O) groups is 1. The lowest BCUT2D eigenvalue weighted by molar-refractivity contribution is 0.131. The van der Waals surface area contributed by atoms with Crippen molar-refractivity contribution in [1.82, 2.24) is 20.1 Å². The largest absolute Gasteiger partial charge is 0.335 e. The molecule has 0 bridgehead atoms. The number of aryl methyl sites for hydroxylation is 1. The Morgan fingerprint density at radius 3 is 2.61 bits per heavy atom. The molecule has 2 heterocycles. The first-order chi connectivity index (χ1) is 13.6. The van der Waals surface area contributed by atoms with Crippen LogP contribution in [0.25, 0.3) is 10.9 Å². The van der Waals surface area contributed by atoms with Gasteiger partial charge in [0.2, 0.25) is 0 Å². The summed E-state index contributed by atoms with van der Waals surface area (Å²) in [5.74, 6) is 0. The van der Waals surface area contributed by atoms with E-state index < -0.39 is 0 Å². The zero-order valence-electron chi connectivity index (χ0n) is 16.7. The van der Waals surface area contributed by atoms with Gasteiger partial charge in [-0.15, -0.1) is 0 Å². The average molecular weight is 383 g/mol. The van der Waals surface area contributed by atoms with Crippen molar-refractivity contribution in [3.8, 4) is 0 Å². The lowest BCUT2D eigenvalue weighted by atomic mass is 9.96. The van der Waals surface area contributed by atoms with Crippen LogP contribution in [0.2, 0.25) is 0 Å². The van der Waals surface area contributed by atoms with E-state index in [1.54, 1.807) is 0 Å². The van der Waals surface area contributed by atoms with Gasteiger partial charge >= 0.3 is 6.03 Å². The molecule has 1 aliphatic heterocycles. The van der Waals surface area contributed by atoms with Crippen molar-refractivity contribution in [2.75, 3.05) is 26.2 Å². The Bertz CT molecular complexity index is 893. The van der Waals surface area contributed by atoms with E-state index in [4.69, 9.17) is 0 Å². The summed E-state index contributed by atoms with van der Waals surface area (Å²) in [6, 6.07) is 8.49. The molecule has 2 aromatic rings. The van der Waals surface area contributed by atoms with Gasteiger partial charge in [-0.3, -0.25) is 9.69 Å². The van der Waals surface area contributed by atoms with Gasteiger partial charge in [-0.05, 0) is 43.4 Å². The normalized spacial score (nSPS) is 19.1. The Kier molecular flexibility index (Phi) is 5.67. The predicted molar refractivity (Wildman–Crippen MR) is 112 cm³/mol.